The molecule has 0 aromatic rings. The minimum atomic E-state index is -2.43. The van der Waals surface area contributed by atoms with Crippen LogP contribution >= 0.6 is 0 Å². The lowest BCUT2D eigenvalue weighted by Gasteiger charge is -2.04. The van der Waals surface area contributed by atoms with Crippen LogP contribution in [0.15, 0.2) is 0 Å². The van der Waals surface area contributed by atoms with Crippen LogP contribution in [-0.2, 0) is 4.79 Å². The first kappa shape index (κ1) is 3.45. The molecule has 0 radical (unpaired) electrons. The third-order valence-electron chi connectivity index (χ3n) is 0.900. The van der Waals surface area contributed by atoms with Crippen LogP contribution in [0.5, 0.6) is 0 Å². The second kappa shape index (κ2) is 3.43. The van der Waals surface area contributed by atoms with Crippen LogP contribution in [0.4, 0.5) is 0 Å². The average molecular weight is 119 g/mol. The molecule has 0 aliphatic heterocycles. The van der Waals surface area contributed by atoms with E-state index in [0.29, 0.717) is 6.42 Å². The summed E-state index contributed by atoms with van der Waals surface area (Å²) in [6.45, 7) is -0.715. The van der Waals surface area contributed by atoms with Crippen molar-refractivity contribution in [2.24, 2.45) is 5.73 Å². The van der Waals surface area contributed by atoms with Crippen molar-refractivity contribution in [1.29, 1.82) is 0 Å². The number of likely N-dealkylation sites (N-methyl/N-ethyl adjacent to an activating group) is 1. The lowest BCUT2D eigenvalue weighted by Crippen LogP contribution is -2.37. The van der Waals surface area contributed by atoms with Crippen molar-refractivity contribution in [2.45, 2.75) is 19.4 Å². The van der Waals surface area contributed by atoms with Gasteiger partial charge in [0.2, 0.25) is 5.91 Å². The van der Waals surface area contributed by atoms with Gasteiger partial charge in [0.25, 0.3) is 0 Å². The highest BCUT2D eigenvalue weighted by molar-refractivity contribution is 5.80. The van der Waals surface area contributed by atoms with Crippen molar-refractivity contribution in [3.05, 3.63) is 0 Å². The molecule has 0 fully saturated rings. The first-order chi connectivity index (χ1) is 4.87. The lowest BCUT2D eigenvalue weighted by atomic mass is 10.2. The first-order valence-electron chi connectivity index (χ1n) is 3.94. The highest BCUT2D eigenvalue weighted by Crippen LogP contribution is 1.82. The highest BCUT2D eigenvalue weighted by atomic mass is 16.2. The predicted molar refractivity (Wildman–Crippen MR) is 32.3 cm³/mol. The number of rotatable bonds is 2. The zero-order chi connectivity index (χ0) is 9.07. The molecule has 3 heteroatoms. The summed E-state index contributed by atoms with van der Waals surface area (Å²) < 4.78 is 20.0. The van der Waals surface area contributed by atoms with Gasteiger partial charge in [0.05, 0.1) is 6.04 Å². The molecule has 0 aromatic carbocycles. The van der Waals surface area contributed by atoms with Crippen molar-refractivity contribution < 1.29 is 8.91 Å². The molecule has 0 aliphatic rings. The summed E-state index contributed by atoms with van der Waals surface area (Å²) >= 11 is 0. The van der Waals surface area contributed by atoms with Gasteiger partial charge in [-0.3, -0.25) is 4.79 Å². The molecule has 0 saturated carbocycles. The van der Waals surface area contributed by atoms with Crippen molar-refractivity contribution in [1.82, 2.24) is 5.32 Å². The number of hydrogen-bond donors (Lipinski definition) is 2. The Labute approximate surface area is 53.5 Å². The summed E-state index contributed by atoms with van der Waals surface area (Å²) in [5, 5.41) is 1.81. The quantitative estimate of drug-likeness (QED) is 0.513. The zero-order valence-corrected chi connectivity index (χ0v) is 4.77. The standard InChI is InChI=1S/C5H12N2O/c1-3-4(6)5(8)7-2/h4H,3,6H2,1-2H3,(H,7,8)/i2D3. The van der Waals surface area contributed by atoms with E-state index >= 15 is 0 Å². The van der Waals surface area contributed by atoms with Gasteiger partial charge in [-0.15, -0.1) is 0 Å². The third kappa shape index (κ3) is 1.93. The zero-order valence-electron chi connectivity index (χ0n) is 7.77. The lowest BCUT2D eigenvalue weighted by molar-refractivity contribution is -0.121. The molecule has 0 spiro atoms. The van der Waals surface area contributed by atoms with E-state index in [1.807, 2.05) is 0 Å². The second-order valence-corrected chi connectivity index (χ2v) is 1.50. The van der Waals surface area contributed by atoms with Crippen LogP contribution in [0.1, 0.15) is 17.5 Å². The molecular weight excluding hydrogens is 104 g/mol. The summed E-state index contributed by atoms with van der Waals surface area (Å²) in [5.41, 5.74) is 5.26. The van der Waals surface area contributed by atoms with Gasteiger partial charge in [0, 0.05) is 11.1 Å². The van der Waals surface area contributed by atoms with E-state index < -0.39 is 18.9 Å². The largest absolute Gasteiger partial charge is 0.358 e. The normalized spacial score (nSPS) is 20.0. The van der Waals surface area contributed by atoms with E-state index in [1.54, 1.807) is 12.2 Å². The smallest absolute Gasteiger partial charge is 0.236 e. The van der Waals surface area contributed by atoms with Gasteiger partial charge in [-0.1, -0.05) is 6.92 Å². The van der Waals surface area contributed by atoms with E-state index in [9.17, 15) is 4.79 Å². The summed E-state index contributed by atoms with van der Waals surface area (Å²) in [7, 11) is 0. The molecule has 0 saturated heterocycles. The van der Waals surface area contributed by atoms with Crippen molar-refractivity contribution >= 4 is 5.91 Å². The molecule has 48 valence electrons. The first-order valence-corrected chi connectivity index (χ1v) is 2.44. The van der Waals surface area contributed by atoms with Crippen LogP contribution in [0, 0.1) is 0 Å². The van der Waals surface area contributed by atoms with Crippen LogP contribution in [-0.4, -0.2) is 18.9 Å². The minimum absolute atomic E-state index is 0.432. The number of hydrogen-bond acceptors (Lipinski definition) is 2. The molecular formula is C5H12N2O. The fraction of sp³-hybridized carbons (Fsp3) is 0.800. The number of amides is 1. The van der Waals surface area contributed by atoms with Crippen LogP contribution in [0.3, 0.4) is 0 Å². The van der Waals surface area contributed by atoms with E-state index in [1.165, 1.54) is 0 Å². The van der Waals surface area contributed by atoms with Gasteiger partial charge in [-0.25, -0.2) is 0 Å². The molecule has 3 nitrogen and oxygen atoms in total. The molecule has 0 aromatic heterocycles. The molecule has 1 atom stereocenters. The molecule has 8 heavy (non-hydrogen) atoms. The Morgan fingerprint density at radius 3 is 3.12 bits per heavy atom. The number of carbonyl (C=O) groups is 1. The van der Waals surface area contributed by atoms with Gasteiger partial charge in [-0.05, 0) is 6.42 Å². The van der Waals surface area contributed by atoms with E-state index in [-0.39, 0.29) is 0 Å². The molecule has 1 unspecified atom stereocenters. The van der Waals surface area contributed by atoms with Crippen molar-refractivity contribution in [3.63, 3.8) is 0 Å². The molecule has 0 rings (SSSR count). The topological polar surface area (TPSA) is 55.1 Å². The van der Waals surface area contributed by atoms with Crippen LogP contribution in [0.25, 0.3) is 0 Å². The third-order valence-corrected chi connectivity index (χ3v) is 0.900. The fourth-order valence-electron chi connectivity index (χ4n) is 0.278. The average Bonchev–Trinajstić information content (AvgIpc) is 1.82. The molecule has 3 N–H and O–H groups in total. The monoisotopic (exact) mass is 119 g/mol. The number of nitrogens with two attached hydrogens (primary N) is 1. The Kier molecular flexibility index (Phi) is 1.48. The highest BCUT2D eigenvalue weighted by Gasteiger charge is 2.06. The van der Waals surface area contributed by atoms with E-state index in [0.717, 1.165) is 0 Å². The second-order valence-electron chi connectivity index (χ2n) is 1.50. The molecule has 0 heterocycles. The molecule has 1 amide bonds. The Bertz CT molecular complexity index is 145. The predicted octanol–water partition coefficient (Wildman–Crippen LogP) is -0.530. The van der Waals surface area contributed by atoms with Gasteiger partial charge < -0.3 is 11.1 Å². The van der Waals surface area contributed by atoms with Crippen LogP contribution < -0.4 is 11.1 Å². The molecule has 0 bridgehead atoms. The van der Waals surface area contributed by atoms with E-state index in [2.05, 4.69) is 0 Å². The Morgan fingerprint density at radius 1 is 2.12 bits per heavy atom. The van der Waals surface area contributed by atoms with Gasteiger partial charge in [-0.2, -0.15) is 0 Å². The maximum Gasteiger partial charge on any atom is 0.236 e. The van der Waals surface area contributed by atoms with Gasteiger partial charge in [0.15, 0.2) is 0 Å². The maximum atomic E-state index is 10.8. The summed E-state index contributed by atoms with van der Waals surface area (Å²) in [4.78, 5) is 10.8. The number of carbonyl (C=O) groups excluding carboxylic acids is 1. The summed E-state index contributed by atoms with van der Waals surface area (Å²) in [6.07, 6.45) is 0.432. The Balaban J connectivity index is 3.88. The van der Waals surface area contributed by atoms with Crippen molar-refractivity contribution in [2.75, 3.05) is 6.98 Å². The van der Waals surface area contributed by atoms with Crippen LogP contribution in [0.2, 0.25) is 0 Å². The Morgan fingerprint density at radius 2 is 2.75 bits per heavy atom. The summed E-state index contributed by atoms with van der Waals surface area (Å²) in [5.74, 6) is -0.632. The summed E-state index contributed by atoms with van der Waals surface area (Å²) in [6, 6.07) is -0.726. The molecule has 0 aliphatic carbocycles. The SMILES string of the molecule is [2H]C([2H])([2H])NC(=O)C(N)CC. The van der Waals surface area contributed by atoms with Gasteiger partial charge in [0.1, 0.15) is 0 Å². The number of nitrogens with one attached hydrogen (secondary N) is 1. The maximum absolute atomic E-state index is 10.8. The van der Waals surface area contributed by atoms with Gasteiger partial charge >= 0.3 is 0 Å². The Hall–Kier alpha value is -0.570. The fourth-order valence-corrected chi connectivity index (χ4v) is 0.278. The van der Waals surface area contributed by atoms with Crippen molar-refractivity contribution in [3.8, 4) is 0 Å². The minimum Gasteiger partial charge on any atom is -0.358 e. The van der Waals surface area contributed by atoms with E-state index in [4.69, 9.17) is 9.85 Å².